The number of carbonyl (C=O) groups is 3. The Morgan fingerprint density at radius 2 is 2.17 bits per heavy atom. The van der Waals surface area contributed by atoms with E-state index in [1.165, 1.54) is 17.2 Å². The number of rotatable bonds is 4. The van der Waals surface area contributed by atoms with E-state index in [9.17, 15) is 19.5 Å². The van der Waals surface area contributed by atoms with Crippen LogP contribution in [-0.4, -0.2) is 53.1 Å². The highest BCUT2D eigenvalue weighted by atomic mass is 79.9. The van der Waals surface area contributed by atoms with Gasteiger partial charge in [0.1, 0.15) is 24.6 Å². The summed E-state index contributed by atoms with van der Waals surface area (Å²) < 4.78 is 0.748. The van der Waals surface area contributed by atoms with Crippen molar-refractivity contribution in [2.24, 2.45) is 5.10 Å². The van der Waals surface area contributed by atoms with E-state index >= 15 is 0 Å². The number of nitrogens with zero attached hydrogens (tertiary/aromatic N) is 2. The van der Waals surface area contributed by atoms with Crippen LogP contribution in [0, 0.1) is 0 Å². The number of hydrazone groups is 1. The Kier molecular flexibility index (Phi) is 4.25. The molecule has 2 heterocycles. The lowest BCUT2D eigenvalue weighted by Gasteiger charge is -2.19. The maximum Gasteiger partial charge on any atom is 0.321 e. The zero-order valence-electron chi connectivity index (χ0n) is 12.1. The zero-order chi connectivity index (χ0) is 17.3. The lowest BCUT2D eigenvalue weighted by atomic mass is 10.2. The van der Waals surface area contributed by atoms with Crippen LogP contribution < -0.4 is 21.4 Å². The first kappa shape index (κ1) is 16.1. The summed E-state index contributed by atoms with van der Waals surface area (Å²) in [6.07, 6.45) is 0.0813. The molecule has 2 aliphatic rings. The van der Waals surface area contributed by atoms with Crippen molar-refractivity contribution < 1.29 is 19.5 Å². The summed E-state index contributed by atoms with van der Waals surface area (Å²) in [5.41, 5.74) is 2.68. The van der Waals surface area contributed by atoms with Gasteiger partial charge >= 0.3 is 12.1 Å². The van der Waals surface area contributed by atoms with Gasteiger partial charge < -0.3 is 21.1 Å². The highest BCUT2D eigenvalue weighted by Gasteiger charge is 2.45. The third-order valence-corrected chi connectivity index (χ3v) is 3.95. The van der Waals surface area contributed by atoms with Gasteiger partial charge in [0.2, 0.25) is 0 Å². The largest absolute Gasteiger partial charge is 0.507 e. The quantitative estimate of drug-likeness (QED) is 0.349. The molecule has 0 aliphatic carbocycles. The molecule has 0 radical (unpaired) electrons. The number of halogens is 1. The minimum absolute atomic E-state index is 0.0118. The highest BCUT2D eigenvalue weighted by Crippen LogP contribution is 2.20. The van der Waals surface area contributed by atoms with E-state index in [2.05, 4.69) is 42.4 Å². The molecule has 0 saturated carbocycles. The smallest absolute Gasteiger partial charge is 0.321 e. The van der Waals surface area contributed by atoms with E-state index in [0.717, 1.165) is 4.47 Å². The second-order valence-corrected chi connectivity index (χ2v) is 6.03. The number of benzene rings is 1. The zero-order valence-corrected chi connectivity index (χ0v) is 13.7. The average Bonchev–Trinajstić information content (AvgIpc) is 3.00. The summed E-state index contributed by atoms with van der Waals surface area (Å²) in [7, 11) is 0. The summed E-state index contributed by atoms with van der Waals surface area (Å²) in [5, 5.41) is 21.0. The predicted molar refractivity (Wildman–Crippen MR) is 86.0 cm³/mol. The third-order valence-electron chi connectivity index (χ3n) is 3.45. The number of hydrogen-bond acceptors (Lipinski definition) is 5. The van der Waals surface area contributed by atoms with Gasteiger partial charge in [-0.25, -0.2) is 15.0 Å². The predicted octanol–water partition coefficient (Wildman–Crippen LogP) is -0.405. The molecule has 126 valence electrons. The molecule has 5 amide bonds. The molecule has 11 heteroatoms. The summed E-state index contributed by atoms with van der Waals surface area (Å²) in [6.45, 7) is -0.281. The maximum absolute atomic E-state index is 11.9. The van der Waals surface area contributed by atoms with Gasteiger partial charge in [-0.15, -0.1) is 0 Å². The number of aromatic hydroxyl groups is 1. The molecule has 1 aromatic carbocycles. The maximum atomic E-state index is 11.9. The van der Waals surface area contributed by atoms with Crippen LogP contribution in [0.15, 0.2) is 27.8 Å². The first-order valence-electron chi connectivity index (χ1n) is 6.88. The van der Waals surface area contributed by atoms with E-state index < -0.39 is 30.3 Å². The molecule has 2 aliphatic heterocycles. The Hall–Kier alpha value is -2.82. The van der Waals surface area contributed by atoms with Crippen molar-refractivity contribution >= 4 is 40.1 Å². The van der Waals surface area contributed by atoms with Crippen LogP contribution in [0.25, 0.3) is 0 Å². The van der Waals surface area contributed by atoms with Crippen LogP contribution >= 0.6 is 15.9 Å². The molecule has 2 unspecified atom stereocenters. The van der Waals surface area contributed by atoms with Gasteiger partial charge in [-0.05, 0) is 18.2 Å². The monoisotopic (exact) mass is 396 g/mol. The number of amides is 5. The van der Waals surface area contributed by atoms with E-state index in [1.807, 2.05) is 0 Å². The molecule has 24 heavy (non-hydrogen) atoms. The molecule has 0 aromatic heterocycles. The van der Waals surface area contributed by atoms with Crippen molar-refractivity contribution in [2.45, 2.75) is 12.3 Å². The van der Waals surface area contributed by atoms with Gasteiger partial charge in [0.05, 0.1) is 6.21 Å². The summed E-state index contributed by atoms with van der Waals surface area (Å²) in [6, 6.07) is 3.89. The van der Waals surface area contributed by atoms with Gasteiger partial charge in [-0.3, -0.25) is 9.69 Å². The summed E-state index contributed by atoms with van der Waals surface area (Å²) in [4.78, 5) is 36.1. The first-order chi connectivity index (χ1) is 11.4. The van der Waals surface area contributed by atoms with Crippen LogP contribution in [0.4, 0.5) is 9.59 Å². The normalized spacial score (nSPS) is 22.1. The second-order valence-electron chi connectivity index (χ2n) is 5.11. The van der Waals surface area contributed by atoms with E-state index in [-0.39, 0.29) is 12.3 Å². The Morgan fingerprint density at radius 3 is 2.96 bits per heavy atom. The van der Waals surface area contributed by atoms with E-state index in [0.29, 0.717) is 5.56 Å². The molecule has 2 atom stereocenters. The molecule has 0 spiro atoms. The van der Waals surface area contributed by atoms with Gasteiger partial charge in [0.15, 0.2) is 0 Å². The third kappa shape index (κ3) is 3.25. The molecule has 10 nitrogen and oxygen atoms in total. The molecule has 0 bridgehead atoms. The Labute approximate surface area is 144 Å². The van der Waals surface area contributed by atoms with Crippen molar-refractivity contribution in [3.8, 4) is 5.75 Å². The Balaban J connectivity index is 1.58. The first-order valence-corrected chi connectivity index (χ1v) is 7.68. The van der Waals surface area contributed by atoms with Crippen LogP contribution in [0.5, 0.6) is 5.75 Å². The topological polar surface area (TPSA) is 135 Å². The SMILES string of the molecule is O=C(CN1C(=O)NC2NC(=O)NC21)NN=Cc1cc(Br)ccc1O. The molecule has 5 N–H and O–H groups in total. The van der Waals surface area contributed by atoms with E-state index in [4.69, 9.17) is 0 Å². The summed E-state index contributed by atoms with van der Waals surface area (Å²) >= 11 is 3.26. The lowest BCUT2D eigenvalue weighted by molar-refractivity contribution is -0.121. The molecular weight excluding hydrogens is 384 g/mol. The number of fused-ring (bicyclic) bond motifs is 1. The van der Waals surface area contributed by atoms with Crippen molar-refractivity contribution in [2.75, 3.05) is 6.54 Å². The van der Waals surface area contributed by atoms with Crippen LogP contribution in [0.3, 0.4) is 0 Å². The number of carbonyl (C=O) groups excluding carboxylic acids is 3. The van der Waals surface area contributed by atoms with Gasteiger partial charge in [0.25, 0.3) is 5.91 Å². The molecular formula is C13H13BrN6O4. The summed E-state index contributed by atoms with van der Waals surface area (Å²) in [5.74, 6) is -0.532. The van der Waals surface area contributed by atoms with Gasteiger partial charge in [0, 0.05) is 10.0 Å². The van der Waals surface area contributed by atoms with Crippen LogP contribution in [0.1, 0.15) is 5.56 Å². The van der Waals surface area contributed by atoms with Crippen molar-refractivity contribution in [3.05, 3.63) is 28.2 Å². The minimum Gasteiger partial charge on any atom is -0.507 e. The Morgan fingerprint density at radius 1 is 1.38 bits per heavy atom. The Bertz CT molecular complexity index is 739. The van der Waals surface area contributed by atoms with Gasteiger partial charge in [-0.1, -0.05) is 15.9 Å². The lowest BCUT2D eigenvalue weighted by Crippen LogP contribution is -2.47. The van der Waals surface area contributed by atoms with Crippen molar-refractivity contribution in [1.82, 2.24) is 26.3 Å². The molecule has 3 rings (SSSR count). The molecule has 2 fully saturated rings. The number of nitrogens with one attached hydrogen (secondary N) is 4. The van der Waals surface area contributed by atoms with Gasteiger partial charge in [-0.2, -0.15) is 5.10 Å². The number of phenolic OH excluding ortho intramolecular Hbond substituents is 1. The second kappa shape index (κ2) is 6.35. The fourth-order valence-corrected chi connectivity index (χ4v) is 2.74. The number of phenols is 1. The number of urea groups is 2. The van der Waals surface area contributed by atoms with Crippen LogP contribution in [0.2, 0.25) is 0 Å². The standard InChI is InChI=1S/C13H13BrN6O4/c14-7-1-2-8(21)6(3-7)4-15-19-9(22)5-20-11-10(17-13(20)24)16-12(23)18-11/h1-4,10-11,21H,5H2,(H,17,24)(H,19,22)(H2,16,18,23). The molecule has 1 aromatic rings. The minimum atomic E-state index is -0.631. The van der Waals surface area contributed by atoms with Crippen LogP contribution in [-0.2, 0) is 4.79 Å². The van der Waals surface area contributed by atoms with Crippen molar-refractivity contribution in [3.63, 3.8) is 0 Å². The average molecular weight is 397 g/mol. The molecule has 2 saturated heterocycles. The fraction of sp³-hybridized carbons (Fsp3) is 0.231. The number of hydrogen-bond donors (Lipinski definition) is 5. The fourth-order valence-electron chi connectivity index (χ4n) is 2.36. The van der Waals surface area contributed by atoms with E-state index in [1.54, 1.807) is 12.1 Å². The van der Waals surface area contributed by atoms with Crippen molar-refractivity contribution in [1.29, 1.82) is 0 Å². The highest BCUT2D eigenvalue weighted by molar-refractivity contribution is 9.10.